The molecule has 0 saturated heterocycles. The molecule has 114 valence electrons. The van der Waals surface area contributed by atoms with Crippen LogP contribution < -0.4 is 9.46 Å². The quantitative estimate of drug-likeness (QED) is 0.833. The second-order valence-corrected chi connectivity index (χ2v) is 5.64. The maximum Gasteiger partial charge on any atom is 0.390 e. The Bertz CT molecular complexity index is 557. The molecule has 0 aliphatic heterocycles. The Morgan fingerprint density at radius 2 is 2.00 bits per heavy atom. The van der Waals surface area contributed by atoms with Crippen LogP contribution in [0.1, 0.15) is 12.0 Å². The molecule has 1 rings (SSSR count). The van der Waals surface area contributed by atoms with Crippen LogP contribution in [0, 0.1) is 0 Å². The van der Waals surface area contributed by atoms with Gasteiger partial charge in [0.05, 0.1) is 20.1 Å². The van der Waals surface area contributed by atoms with Crippen molar-refractivity contribution < 1.29 is 31.4 Å². The van der Waals surface area contributed by atoms with Crippen LogP contribution in [0.2, 0.25) is 0 Å². The highest BCUT2D eigenvalue weighted by Gasteiger charge is 2.28. The Kier molecular flexibility index (Phi) is 5.37. The molecule has 0 radical (unpaired) electrons. The lowest BCUT2D eigenvalue weighted by molar-refractivity contribution is -0.132. The van der Waals surface area contributed by atoms with E-state index >= 15 is 0 Å². The van der Waals surface area contributed by atoms with Crippen molar-refractivity contribution in [3.8, 4) is 5.75 Å². The van der Waals surface area contributed by atoms with Crippen molar-refractivity contribution in [1.29, 1.82) is 0 Å². The van der Waals surface area contributed by atoms with Crippen molar-refractivity contribution in [1.82, 2.24) is 4.72 Å². The van der Waals surface area contributed by atoms with Gasteiger partial charge in [-0.3, -0.25) is 0 Å². The molecule has 0 heterocycles. The monoisotopic (exact) mass is 313 g/mol. The first-order chi connectivity index (χ1) is 9.19. The van der Waals surface area contributed by atoms with Gasteiger partial charge in [0.2, 0.25) is 10.0 Å². The van der Waals surface area contributed by atoms with E-state index in [1.54, 1.807) is 0 Å². The third kappa shape index (κ3) is 4.66. The van der Waals surface area contributed by atoms with E-state index in [0.29, 0.717) is 5.56 Å². The number of aliphatic hydroxyl groups excluding tert-OH is 1. The van der Waals surface area contributed by atoms with Crippen LogP contribution >= 0.6 is 0 Å². The SMILES string of the molecule is COc1ccc(CO)cc1S(=O)(=O)NCCC(F)(F)F. The maximum atomic E-state index is 12.0. The molecular formula is C11H14F3NO4S. The van der Waals surface area contributed by atoms with Gasteiger partial charge in [-0.2, -0.15) is 13.2 Å². The van der Waals surface area contributed by atoms with Gasteiger partial charge in [0.25, 0.3) is 0 Å². The number of hydrogen-bond donors (Lipinski definition) is 2. The molecule has 0 saturated carbocycles. The predicted octanol–water partition coefficient (Wildman–Crippen LogP) is 1.42. The topological polar surface area (TPSA) is 75.6 Å². The van der Waals surface area contributed by atoms with E-state index in [-0.39, 0.29) is 10.6 Å². The van der Waals surface area contributed by atoms with Gasteiger partial charge >= 0.3 is 6.18 Å². The zero-order chi connectivity index (χ0) is 15.4. The first-order valence-electron chi connectivity index (χ1n) is 5.54. The molecule has 0 aliphatic carbocycles. The summed E-state index contributed by atoms with van der Waals surface area (Å²) in [6, 6.07) is 3.92. The molecule has 0 aromatic heterocycles. The normalized spacial score (nSPS) is 12.4. The van der Waals surface area contributed by atoms with Gasteiger partial charge in [0, 0.05) is 6.54 Å². The fourth-order valence-corrected chi connectivity index (χ4v) is 2.68. The minimum absolute atomic E-state index is 0.0123. The van der Waals surface area contributed by atoms with E-state index in [1.165, 1.54) is 19.2 Å². The number of sulfonamides is 1. The highest BCUT2D eigenvalue weighted by atomic mass is 32.2. The minimum Gasteiger partial charge on any atom is -0.495 e. The van der Waals surface area contributed by atoms with Gasteiger partial charge in [-0.15, -0.1) is 0 Å². The Hall–Kier alpha value is -1.32. The number of methoxy groups -OCH3 is 1. The van der Waals surface area contributed by atoms with E-state index in [1.807, 2.05) is 4.72 Å². The number of nitrogens with one attached hydrogen (secondary N) is 1. The number of rotatable bonds is 6. The summed E-state index contributed by atoms with van der Waals surface area (Å²) in [5, 5.41) is 8.97. The highest BCUT2D eigenvalue weighted by Crippen LogP contribution is 2.25. The molecule has 9 heteroatoms. The second-order valence-electron chi connectivity index (χ2n) is 3.91. The third-order valence-electron chi connectivity index (χ3n) is 2.40. The molecule has 0 spiro atoms. The summed E-state index contributed by atoms with van der Waals surface area (Å²) in [5.74, 6) is -0.0123. The average molecular weight is 313 g/mol. The molecule has 20 heavy (non-hydrogen) atoms. The smallest absolute Gasteiger partial charge is 0.390 e. The second kappa shape index (κ2) is 6.42. The molecule has 5 nitrogen and oxygen atoms in total. The number of ether oxygens (including phenoxy) is 1. The Labute approximate surface area is 114 Å². The summed E-state index contributed by atoms with van der Waals surface area (Å²) in [6.07, 6.45) is -5.71. The molecular weight excluding hydrogens is 299 g/mol. The van der Waals surface area contributed by atoms with Crippen molar-refractivity contribution in [3.63, 3.8) is 0 Å². The van der Waals surface area contributed by atoms with Crippen molar-refractivity contribution in [3.05, 3.63) is 23.8 Å². The third-order valence-corrected chi connectivity index (χ3v) is 3.88. The van der Waals surface area contributed by atoms with Crippen LogP contribution in [-0.2, 0) is 16.6 Å². The van der Waals surface area contributed by atoms with E-state index in [9.17, 15) is 21.6 Å². The zero-order valence-electron chi connectivity index (χ0n) is 10.6. The van der Waals surface area contributed by atoms with E-state index in [0.717, 1.165) is 6.07 Å². The summed E-state index contributed by atoms with van der Waals surface area (Å²) >= 11 is 0. The molecule has 2 N–H and O–H groups in total. The van der Waals surface area contributed by atoms with Crippen molar-refractivity contribution >= 4 is 10.0 Å². The van der Waals surface area contributed by atoms with Crippen molar-refractivity contribution in [2.45, 2.75) is 24.1 Å². The number of hydrogen-bond acceptors (Lipinski definition) is 4. The Balaban J connectivity index is 2.96. The Morgan fingerprint density at radius 1 is 1.35 bits per heavy atom. The van der Waals surface area contributed by atoms with Crippen LogP contribution in [0.25, 0.3) is 0 Å². The lowest BCUT2D eigenvalue weighted by Crippen LogP contribution is -2.28. The molecule has 0 unspecified atom stereocenters. The van der Waals surface area contributed by atoms with Crippen LogP contribution in [0.5, 0.6) is 5.75 Å². The van der Waals surface area contributed by atoms with Gasteiger partial charge in [-0.25, -0.2) is 13.1 Å². The molecule has 0 bridgehead atoms. The van der Waals surface area contributed by atoms with E-state index < -0.39 is 35.8 Å². The standard InChI is InChI=1S/C11H14F3NO4S/c1-19-9-3-2-8(7-16)6-10(9)20(17,18)15-5-4-11(12,13)14/h2-3,6,15-16H,4-5,7H2,1H3. The number of benzene rings is 1. The predicted molar refractivity (Wildman–Crippen MR) is 64.8 cm³/mol. The lowest BCUT2D eigenvalue weighted by Gasteiger charge is -2.12. The molecule has 0 amide bonds. The number of alkyl halides is 3. The number of halogens is 3. The van der Waals surface area contributed by atoms with Crippen LogP contribution in [0.15, 0.2) is 23.1 Å². The summed E-state index contributed by atoms with van der Waals surface area (Å²) in [6.45, 7) is -1.16. The van der Waals surface area contributed by atoms with Gasteiger partial charge in [-0.05, 0) is 17.7 Å². The zero-order valence-corrected chi connectivity index (χ0v) is 11.4. The van der Waals surface area contributed by atoms with Crippen LogP contribution in [0.4, 0.5) is 13.2 Å². The van der Waals surface area contributed by atoms with E-state index in [2.05, 4.69) is 0 Å². The van der Waals surface area contributed by atoms with Crippen molar-refractivity contribution in [2.24, 2.45) is 0 Å². The van der Waals surface area contributed by atoms with Crippen LogP contribution in [0.3, 0.4) is 0 Å². The first-order valence-corrected chi connectivity index (χ1v) is 7.02. The maximum absolute atomic E-state index is 12.0. The van der Waals surface area contributed by atoms with Gasteiger partial charge in [0.1, 0.15) is 10.6 Å². The van der Waals surface area contributed by atoms with E-state index in [4.69, 9.17) is 9.84 Å². The average Bonchev–Trinajstić information content (AvgIpc) is 2.36. The van der Waals surface area contributed by atoms with Gasteiger partial charge in [0.15, 0.2) is 0 Å². The van der Waals surface area contributed by atoms with Crippen LogP contribution in [-0.4, -0.2) is 33.4 Å². The molecule has 1 aromatic rings. The molecule has 1 aromatic carbocycles. The molecule has 0 aliphatic rings. The van der Waals surface area contributed by atoms with Crippen molar-refractivity contribution in [2.75, 3.05) is 13.7 Å². The largest absolute Gasteiger partial charge is 0.495 e. The summed E-state index contributed by atoms with van der Waals surface area (Å²) in [7, 11) is -2.91. The molecule has 0 fully saturated rings. The van der Waals surface area contributed by atoms with Gasteiger partial charge in [-0.1, -0.05) is 6.07 Å². The summed E-state index contributed by atoms with van der Waals surface area (Å²) in [5.41, 5.74) is 0.307. The van der Waals surface area contributed by atoms with Gasteiger partial charge < -0.3 is 9.84 Å². The first kappa shape index (κ1) is 16.7. The highest BCUT2D eigenvalue weighted by molar-refractivity contribution is 7.89. The molecule has 0 atom stereocenters. The summed E-state index contributed by atoms with van der Waals surface area (Å²) < 4.78 is 66.6. The fraction of sp³-hybridized carbons (Fsp3) is 0.455. The minimum atomic E-state index is -4.44. The Morgan fingerprint density at radius 3 is 2.50 bits per heavy atom. The summed E-state index contributed by atoms with van der Waals surface area (Å²) in [4.78, 5) is -0.311. The number of aliphatic hydroxyl groups is 1. The lowest BCUT2D eigenvalue weighted by atomic mass is 10.2. The fourth-order valence-electron chi connectivity index (χ4n) is 1.43.